The fourth-order valence-corrected chi connectivity index (χ4v) is 3.10. The number of nitrogens with zero attached hydrogens (tertiary/aromatic N) is 1. The second kappa shape index (κ2) is 6.16. The smallest absolute Gasteiger partial charge is 0.223 e. The van der Waals surface area contributed by atoms with Gasteiger partial charge in [-0.2, -0.15) is 12.6 Å². The summed E-state index contributed by atoms with van der Waals surface area (Å²) in [5, 5.41) is 2.86. The Morgan fingerprint density at radius 2 is 1.95 bits per heavy atom. The zero-order valence-corrected chi connectivity index (χ0v) is 12.5. The summed E-state index contributed by atoms with van der Waals surface area (Å²) < 4.78 is 0. The van der Waals surface area contributed by atoms with E-state index in [9.17, 15) is 9.59 Å². The van der Waals surface area contributed by atoms with Crippen molar-refractivity contribution in [2.45, 2.75) is 39.0 Å². The number of piperidine rings is 1. The number of nitrogens with one attached hydrogen (secondary N) is 1. The number of carbonyl (C=O) groups excluding carboxylic acids is 2. The summed E-state index contributed by atoms with van der Waals surface area (Å²) in [5.74, 6) is 1.68. The van der Waals surface area contributed by atoms with Crippen LogP contribution < -0.4 is 5.32 Å². The molecule has 0 atom stereocenters. The number of carbonyl (C=O) groups is 2. The van der Waals surface area contributed by atoms with E-state index in [1.807, 2.05) is 4.90 Å². The van der Waals surface area contributed by atoms with E-state index in [1.54, 1.807) is 6.92 Å². The summed E-state index contributed by atoms with van der Waals surface area (Å²) in [6, 6.07) is 0. The first-order valence-corrected chi connectivity index (χ1v) is 7.81. The zero-order valence-electron chi connectivity index (χ0n) is 11.7. The fraction of sp³-hybridized carbons (Fsp3) is 0.857. The maximum Gasteiger partial charge on any atom is 0.223 e. The number of rotatable bonds is 5. The Morgan fingerprint density at radius 3 is 2.42 bits per heavy atom. The molecule has 0 aromatic carbocycles. The first-order valence-electron chi connectivity index (χ1n) is 7.18. The predicted molar refractivity (Wildman–Crippen MR) is 78.1 cm³/mol. The second-order valence-electron chi connectivity index (χ2n) is 6.10. The SMILES string of the molecule is CC(=O)NCC1CCN(C(=O)CC2(CS)CC2)CC1. The molecular weight excluding hydrogens is 260 g/mol. The highest BCUT2D eigenvalue weighted by Gasteiger charge is 2.43. The lowest BCUT2D eigenvalue weighted by Crippen LogP contribution is -2.42. The van der Waals surface area contributed by atoms with E-state index in [0.29, 0.717) is 18.2 Å². The molecule has 2 aliphatic rings. The summed E-state index contributed by atoms with van der Waals surface area (Å²) in [7, 11) is 0. The summed E-state index contributed by atoms with van der Waals surface area (Å²) >= 11 is 4.35. The van der Waals surface area contributed by atoms with Crippen molar-refractivity contribution in [1.29, 1.82) is 0 Å². The largest absolute Gasteiger partial charge is 0.356 e. The molecule has 0 unspecified atom stereocenters. The highest BCUT2D eigenvalue weighted by atomic mass is 32.1. The van der Waals surface area contributed by atoms with Crippen LogP contribution >= 0.6 is 12.6 Å². The minimum atomic E-state index is 0.0305. The van der Waals surface area contributed by atoms with Gasteiger partial charge in [0.25, 0.3) is 0 Å². The summed E-state index contributed by atoms with van der Waals surface area (Å²) in [6.45, 7) is 3.97. The van der Waals surface area contributed by atoms with E-state index in [2.05, 4.69) is 17.9 Å². The number of amides is 2. The van der Waals surface area contributed by atoms with Gasteiger partial charge in [-0.15, -0.1) is 0 Å². The van der Waals surface area contributed by atoms with Gasteiger partial charge in [-0.3, -0.25) is 9.59 Å². The lowest BCUT2D eigenvalue weighted by Gasteiger charge is -2.33. The highest BCUT2D eigenvalue weighted by Crippen LogP contribution is 2.49. The van der Waals surface area contributed by atoms with Crippen LogP contribution in [0.15, 0.2) is 0 Å². The molecule has 0 spiro atoms. The maximum absolute atomic E-state index is 12.2. The van der Waals surface area contributed by atoms with Crippen LogP contribution in [0.3, 0.4) is 0 Å². The molecule has 1 aliphatic carbocycles. The van der Waals surface area contributed by atoms with Crippen LogP contribution in [0.4, 0.5) is 0 Å². The molecular formula is C14H24N2O2S. The first kappa shape index (κ1) is 14.7. The number of hydrogen-bond donors (Lipinski definition) is 2. The molecule has 0 radical (unpaired) electrons. The number of likely N-dealkylation sites (tertiary alicyclic amines) is 1. The zero-order chi connectivity index (χ0) is 13.9. The molecule has 2 fully saturated rings. The van der Waals surface area contributed by atoms with Gasteiger partial charge < -0.3 is 10.2 Å². The van der Waals surface area contributed by atoms with Gasteiger partial charge in [0.15, 0.2) is 0 Å². The monoisotopic (exact) mass is 284 g/mol. The standard InChI is InChI=1S/C14H24N2O2S/c1-11(17)15-9-12-2-6-16(7-3-12)13(18)8-14(10-19)4-5-14/h12,19H,2-10H2,1H3,(H,15,17). The van der Waals surface area contributed by atoms with Crippen molar-refractivity contribution in [3.8, 4) is 0 Å². The van der Waals surface area contributed by atoms with Crippen LogP contribution in [0.25, 0.3) is 0 Å². The summed E-state index contributed by atoms with van der Waals surface area (Å²) in [4.78, 5) is 25.1. The van der Waals surface area contributed by atoms with E-state index >= 15 is 0 Å². The van der Waals surface area contributed by atoms with Crippen LogP contribution in [0.5, 0.6) is 0 Å². The van der Waals surface area contributed by atoms with Crippen molar-refractivity contribution >= 4 is 24.4 Å². The second-order valence-corrected chi connectivity index (χ2v) is 6.41. The van der Waals surface area contributed by atoms with E-state index in [0.717, 1.165) is 51.1 Å². The van der Waals surface area contributed by atoms with Gasteiger partial charge >= 0.3 is 0 Å². The molecule has 19 heavy (non-hydrogen) atoms. The Bertz CT molecular complexity index is 347. The molecule has 108 valence electrons. The van der Waals surface area contributed by atoms with Crippen LogP contribution in [0, 0.1) is 11.3 Å². The van der Waals surface area contributed by atoms with Gasteiger partial charge in [0.05, 0.1) is 0 Å². The molecule has 1 saturated carbocycles. The van der Waals surface area contributed by atoms with Crippen molar-refractivity contribution in [2.24, 2.45) is 11.3 Å². The minimum absolute atomic E-state index is 0.0305. The molecule has 1 heterocycles. The van der Waals surface area contributed by atoms with E-state index < -0.39 is 0 Å². The minimum Gasteiger partial charge on any atom is -0.356 e. The van der Waals surface area contributed by atoms with Gasteiger partial charge in [-0.05, 0) is 42.8 Å². The van der Waals surface area contributed by atoms with Crippen molar-refractivity contribution in [1.82, 2.24) is 10.2 Å². The molecule has 0 aromatic heterocycles. The molecule has 5 heteroatoms. The number of thiol groups is 1. The third-order valence-corrected chi connectivity index (χ3v) is 5.10. The van der Waals surface area contributed by atoms with Crippen LogP contribution in [-0.2, 0) is 9.59 Å². The third-order valence-electron chi connectivity index (χ3n) is 4.43. The fourth-order valence-electron chi connectivity index (χ4n) is 2.67. The molecule has 1 aliphatic heterocycles. The molecule has 0 aromatic rings. The Kier molecular flexibility index (Phi) is 4.76. The predicted octanol–water partition coefficient (Wildman–Crippen LogP) is 1.46. The van der Waals surface area contributed by atoms with Crippen molar-refractivity contribution in [3.63, 3.8) is 0 Å². The van der Waals surface area contributed by atoms with Gasteiger partial charge in [-0.25, -0.2) is 0 Å². The van der Waals surface area contributed by atoms with Gasteiger partial charge in [-0.1, -0.05) is 0 Å². The maximum atomic E-state index is 12.2. The molecule has 1 saturated heterocycles. The molecule has 1 N–H and O–H groups in total. The first-order chi connectivity index (χ1) is 9.04. The van der Waals surface area contributed by atoms with Crippen molar-refractivity contribution in [2.75, 3.05) is 25.4 Å². The van der Waals surface area contributed by atoms with Gasteiger partial charge in [0.2, 0.25) is 11.8 Å². The quantitative estimate of drug-likeness (QED) is 0.751. The third kappa shape index (κ3) is 4.13. The van der Waals surface area contributed by atoms with Crippen LogP contribution in [-0.4, -0.2) is 42.1 Å². The van der Waals surface area contributed by atoms with Crippen molar-refractivity contribution < 1.29 is 9.59 Å². The summed E-state index contributed by atoms with van der Waals surface area (Å²) in [6.07, 6.45) is 4.98. The van der Waals surface area contributed by atoms with Crippen LogP contribution in [0.1, 0.15) is 39.0 Å². The average molecular weight is 284 g/mol. The van der Waals surface area contributed by atoms with Crippen molar-refractivity contribution in [3.05, 3.63) is 0 Å². The highest BCUT2D eigenvalue weighted by molar-refractivity contribution is 7.80. The molecule has 0 bridgehead atoms. The molecule has 4 nitrogen and oxygen atoms in total. The van der Waals surface area contributed by atoms with E-state index in [-0.39, 0.29) is 11.3 Å². The average Bonchev–Trinajstić information content (AvgIpc) is 3.17. The lowest BCUT2D eigenvalue weighted by atomic mass is 9.95. The summed E-state index contributed by atoms with van der Waals surface area (Å²) in [5.41, 5.74) is 0.216. The Hall–Kier alpha value is -0.710. The van der Waals surface area contributed by atoms with Crippen LogP contribution in [0.2, 0.25) is 0 Å². The topological polar surface area (TPSA) is 49.4 Å². The van der Waals surface area contributed by atoms with E-state index in [4.69, 9.17) is 0 Å². The molecule has 2 amide bonds. The van der Waals surface area contributed by atoms with E-state index in [1.165, 1.54) is 0 Å². The number of hydrogen-bond acceptors (Lipinski definition) is 3. The Balaban J connectivity index is 1.70. The van der Waals surface area contributed by atoms with Gasteiger partial charge in [0.1, 0.15) is 0 Å². The Morgan fingerprint density at radius 1 is 1.32 bits per heavy atom. The lowest BCUT2D eigenvalue weighted by molar-refractivity contribution is -0.133. The Labute approximate surface area is 120 Å². The normalized spacial score (nSPS) is 22.1. The molecule has 2 rings (SSSR count). The van der Waals surface area contributed by atoms with Gasteiger partial charge in [0, 0.05) is 33.0 Å².